The lowest BCUT2D eigenvalue weighted by atomic mass is 9.87. The van der Waals surface area contributed by atoms with E-state index in [1.807, 2.05) is 22.4 Å². The topological polar surface area (TPSA) is 79.8 Å². The molecule has 1 amide bonds. The highest BCUT2D eigenvalue weighted by atomic mass is 32.2. The number of sulfonamides is 1. The molecular weight excluding hydrogens is 506 g/mol. The fourth-order valence-electron chi connectivity index (χ4n) is 5.58. The summed E-state index contributed by atoms with van der Waals surface area (Å²) in [7, 11) is -3.52. The molecule has 0 radical (unpaired) electrons. The molecule has 0 atom stereocenters. The number of amides is 1. The summed E-state index contributed by atoms with van der Waals surface area (Å²) < 4.78 is 33.8. The fourth-order valence-corrected chi connectivity index (χ4v) is 7.94. The van der Waals surface area contributed by atoms with Gasteiger partial charge in [-0.3, -0.25) is 0 Å². The smallest absolute Gasteiger partial charge is 0.390 e. The number of rotatable bonds is 6. The third kappa shape index (κ3) is 6.04. The molecule has 3 fully saturated rings. The number of ether oxygens (including phenoxy) is 1. The summed E-state index contributed by atoms with van der Waals surface area (Å²) in [5.41, 5.74) is 1.09. The van der Waals surface area contributed by atoms with Crippen LogP contribution in [0, 0.1) is 0 Å². The van der Waals surface area contributed by atoms with Crippen molar-refractivity contribution < 1.29 is 17.9 Å². The van der Waals surface area contributed by atoms with E-state index in [2.05, 4.69) is 25.8 Å². The molecule has 1 saturated heterocycles. The number of hydrogen-bond acceptors (Lipinski definition) is 6. The number of carbonyl (C=O) groups is 1. The fraction of sp³-hybridized carbons (Fsp3) is 0.643. The minimum absolute atomic E-state index is 0.0203. The van der Waals surface area contributed by atoms with E-state index in [0.29, 0.717) is 48.8 Å². The molecule has 2 saturated carbocycles. The molecule has 1 aliphatic heterocycles. The van der Waals surface area contributed by atoms with Crippen LogP contribution in [0.5, 0.6) is 5.88 Å². The predicted octanol–water partition coefficient (Wildman–Crippen LogP) is 6.30. The Hall–Kier alpha value is -1.97. The van der Waals surface area contributed by atoms with Crippen molar-refractivity contribution in [2.24, 2.45) is 0 Å². The zero-order chi connectivity index (χ0) is 26.2. The first-order valence-corrected chi connectivity index (χ1v) is 16.0. The highest BCUT2D eigenvalue weighted by Crippen LogP contribution is 2.37. The van der Waals surface area contributed by atoms with Gasteiger partial charge in [0.25, 0.3) is 0 Å². The van der Waals surface area contributed by atoms with E-state index in [-0.39, 0.29) is 17.4 Å². The summed E-state index contributed by atoms with van der Waals surface area (Å²) in [5, 5.41) is 2.74. The Morgan fingerprint density at radius 2 is 1.59 bits per heavy atom. The monoisotopic (exact) mass is 545 g/mol. The summed E-state index contributed by atoms with van der Waals surface area (Å²) in [6.07, 6.45) is 9.02. The van der Waals surface area contributed by atoms with Gasteiger partial charge in [-0.2, -0.15) is 4.31 Å². The normalized spacial score (nSPS) is 20.6. The van der Waals surface area contributed by atoms with Crippen LogP contribution >= 0.6 is 11.3 Å². The maximum absolute atomic E-state index is 13.2. The second-order valence-corrected chi connectivity index (χ2v) is 14.6. The van der Waals surface area contributed by atoms with Crippen LogP contribution in [0.25, 0.3) is 0 Å². The van der Waals surface area contributed by atoms with Crippen LogP contribution in [0.15, 0.2) is 34.5 Å². The third-order valence-corrected chi connectivity index (χ3v) is 10.9. The predicted molar refractivity (Wildman–Crippen MR) is 146 cm³/mol. The lowest BCUT2D eigenvalue weighted by Crippen LogP contribution is -2.44. The Morgan fingerprint density at radius 3 is 2.19 bits per heavy atom. The van der Waals surface area contributed by atoms with E-state index < -0.39 is 10.0 Å². The van der Waals surface area contributed by atoms with Crippen LogP contribution in [0.2, 0.25) is 0 Å². The van der Waals surface area contributed by atoms with Crippen molar-refractivity contribution in [3.63, 3.8) is 0 Å². The van der Waals surface area contributed by atoms with Gasteiger partial charge >= 0.3 is 6.09 Å². The maximum Gasteiger partial charge on any atom is 0.417 e. The van der Waals surface area contributed by atoms with Gasteiger partial charge in [-0.15, -0.1) is 11.3 Å². The first kappa shape index (κ1) is 26.6. The number of benzene rings is 1. The average molecular weight is 546 g/mol. The number of aromatic nitrogens is 1. The van der Waals surface area contributed by atoms with Gasteiger partial charge in [0.15, 0.2) is 0 Å². The van der Waals surface area contributed by atoms with Crippen molar-refractivity contribution in [2.75, 3.05) is 13.1 Å². The van der Waals surface area contributed by atoms with Gasteiger partial charge in [-0.05, 0) is 61.6 Å². The number of carbonyl (C=O) groups excluding carboxylic acids is 1. The summed E-state index contributed by atoms with van der Waals surface area (Å²) >= 11 is 1.50. The molecule has 2 aliphatic carbocycles. The lowest BCUT2D eigenvalue weighted by molar-refractivity contribution is 0.111. The number of thiazole rings is 1. The SMILES string of the molecule is CC(C)(C)c1ccc(S(=O)(=O)N2CCC(c3nc(OC(=O)N(C4CCCCC4)C4CC4)cs3)CC2)cc1. The van der Waals surface area contributed by atoms with Crippen LogP contribution < -0.4 is 4.74 Å². The molecule has 0 unspecified atom stereocenters. The first-order chi connectivity index (χ1) is 17.6. The molecule has 2 heterocycles. The second-order valence-electron chi connectivity index (χ2n) is 11.8. The summed E-state index contributed by atoms with van der Waals surface area (Å²) in [6, 6.07) is 7.89. The van der Waals surface area contributed by atoms with Gasteiger partial charge in [-0.1, -0.05) is 52.2 Å². The third-order valence-electron chi connectivity index (χ3n) is 7.97. The van der Waals surface area contributed by atoms with Crippen molar-refractivity contribution in [2.45, 2.75) is 107 Å². The Balaban J connectivity index is 1.18. The van der Waals surface area contributed by atoms with Crippen molar-refractivity contribution >= 4 is 27.5 Å². The molecule has 202 valence electrons. The zero-order valence-corrected chi connectivity index (χ0v) is 23.8. The van der Waals surface area contributed by atoms with Crippen molar-refractivity contribution in [1.82, 2.24) is 14.2 Å². The van der Waals surface area contributed by atoms with Gasteiger partial charge in [0, 0.05) is 31.1 Å². The summed E-state index contributed by atoms with van der Waals surface area (Å²) in [5.74, 6) is 0.547. The molecular formula is C28H39N3O4S2. The molecule has 0 spiro atoms. The molecule has 0 N–H and O–H groups in total. The summed E-state index contributed by atoms with van der Waals surface area (Å²) in [4.78, 5) is 20.0. The van der Waals surface area contributed by atoms with Gasteiger partial charge in [-0.25, -0.2) is 18.2 Å². The van der Waals surface area contributed by atoms with E-state index in [9.17, 15) is 13.2 Å². The van der Waals surface area contributed by atoms with E-state index in [1.165, 1.54) is 30.6 Å². The molecule has 0 bridgehead atoms. The number of nitrogens with zero attached hydrogens (tertiary/aromatic N) is 3. The standard InChI is InChI=1S/C28H39N3O4S2/c1-28(2,3)21-9-13-24(14-10-21)37(33,34)30-17-15-20(16-18-30)26-29-25(19-36-26)35-27(32)31(23-11-12-23)22-7-5-4-6-8-22/h9-10,13-14,19-20,22-23H,4-8,11-12,15-18H2,1-3H3. The second kappa shape index (κ2) is 10.7. The molecule has 37 heavy (non-hydrogen) atoms. The molecule has 5 rings (SSSR count). The molecule has 3 aliphatic rings. The van der Waals surface area contributed by atoms with Crippen molar-refractivity contribution in [1.29, 1.82) is 0 Å². The van der Waals surface area contributed by atoms with E-state index in [0.717, 1.165) is 36.3 Å². The quantitative estimate of drug-likeness (QED) is 0.425. The lowest BCUT2D eigenvalue weighted by Gasteiger charge is -2.33. The van der Waals surface area contributed by atoms with E-state index in [1.54, 1.807) is 16.4 Å². The maximum atomic E-state index is 13.2. The average Bonchev–Trinajstić information content (AvgIpc) is 3.61. The molecule has 1 aromatic heterocycles. The number of hydrogen-bond donors (Lipinski definition) is 0. The highest BCUT2D eigenvalue weighted by molar-refractivity contribution is 7.89. The van der Waals surface area contributed by atoms with Crippen LogP contribution in [-0.4, -0.2) is 53.9 Å². The van der Waals surface area contributed by atoms with Crippen molar-refractivity contribution in [3.8, 4) is 5.88 Å². The van der Waals surface area contributed by atoms with Crippen LogP contribution in [0.1, 0.15) is 95.0 Å². The Morgan fingerprint density at radius 1 is 0.973 bits per heavy atom. The van der Waals surface area contributed by atoms with Crippen LogP contribution in [-0.2, 0) is 15.4 Å². The molecule has 7 nitrogen and oxygen atoms in total. The highest BCUT2D eigenvalue weighted by Gasteiger charge is 2.39. The minimum Gasteiger partial charge on any atom is -0.390 e. The van der Waals surface area contributed by atoms with Gasteiger partial charge < -0.3 is 9.64 Å². The van der Waals surface area contributed by atoms with Gasteiger partial charge in [0.2, 0.25) is 15.9 Å². The summed E-state index contributed by atoms with van der Waals surface area (Å²) in [6.45, 7) is 7.27. The largest absolute Gasteiger partial charge is 0.417 e. The van der Waals surface area contributed by atoms with Gasteiger partial charge in [0.1, 0.15) is 0 Å². The van der Waals surface area contributed by atoms with Crippen molar-refractivity contribution in [3.05, 3.63) is 40.2 Å². The molecule has 2 aromatic rings. The Labute approximate surface area is 225 Å². The van der Waals surface area contributed by atoms with Crippen LogP contribution in [0.4, 0.5) is 4.79 Å². The number of piperidine rings is 1. The molecule has 9 heteroatoms. The molecule has 1 aromatic carbocycles. The van der Waals surface area contributed by atoms with Crippen LogP contribution in [0.3, 0.4) is 0 Å². The van der Waals surface area contributed by atoms with Gasteiger partial charge in [0.05, 0.1) is 15.3 Å². The Kier molecular flexibility index (Phi) is 7.67. The Bertz CT molecular complexity index is 1180. The van der Waals surface area contributed by atoms with E-state index in [4.69, 9.17) is 4.74 Å². The minimum atomic E-state index is -3.52. The van der Waals surface area contributed by atoms with E-state index >= 15 is 0 Å². The zero-order valence-electron chi connectivity index (χ0n) is 22.2. The first-order valence-electron chi connectivity index (χ1n) is 13.7.